The summed E-state index contributed by atoms with van der Waals surface area (Å²) < 4.78 is 10.6. The first-order chi connectivity index (χ1) is 9.65. The Morgan fingerprint density at radius 2 is 2.05 bits per heavy atom. The minimum Gasteiger partial charge on any atom is -0.496 e. The molecule has 0 aliphatic heterocycles. The fraction of sp³-hybridized carbons (Fsp3) is 0.625. The molecule has 4 heteroatoms. The first-order valence-corrected chi connectivity index (χ1v) is 7.15. The highest BCUT2D eigenvalue weighted by Crippen LogP contribution is 2.23. The van der Waals surface area contributed by atoms with E-state index in [9.17, 15) is 5.11 Å². The fourth-order valence-electron chi connectivity index (χ4n) is 2.19. The van der Waals surface area contributed by atoms with Crippen LogP contribution in [0, 0.1) is 0 Å². The number of nitrogens with zero attached hydrogens (tertiary/aromatic N) is 1. The van der Waals surface area contributed by atoms with Gasteiger partial charge in [0.25, 0.3) is 0 Å². The molecule has 20 heavy (non-hydrogen) atoms. The molecule has 4 nitrogen and oxygen atoms in total. The standard InChI is InChI=1S/C16H27NO3/c1-5-13(2)17(8-9-19-3)11-15-10-14(12-18)6-7-16(15)20-4/h6-7,10,13,18H,5,8-9,11-12H2,1-4H3. The second kappa shape index (κ2) is 8.95. The summed E-state index contributed by atoms with van der Waals surface area (Å²) in [5.74, 6) is 0.868. The topological polar surface area (TPSA) is 41.9 Å². The zero-order valence-electron chi connectivity index (χ0n) is 13.1. The summed E-state index contributed by atoms with van der Waals surface area (Å²) in [5.41, 5.74) is 2.02. The van der Waals surface area contributed by atoms with Gasteiger partial charge in [0, 0.05) is 31.8 Å². The molecule has 0 saturated carbocycles. The lowest BCUT2D eigenvalue weighted by Gasteiger charge is -2.29. The van der Waals surface area contributed by atoms with E-state index in [2.05, 4.69) is 18.7 Å². The Morgan fingerprint density at radius 3 is 2.60 bits per heavy atom. The highest BCUT2D eigenvalue weighted by Gasteiger charge is 2.15. The average Bonchev–Trinajstić information content (AvgIpc) is 2.50. The summed E-state index contributed by atoms with van der Waals surface area (Å²) in [7, 11) is 3.40. The van der Waals surface area contributed by atoms with E-state index < -0.39 is 0 Å². The van der Waals surface area contributed by atoms with Gasteiger partial charge in [-0.3, -0.25) is 4.90 Å². The van der Waals surface area contributed by atoms with Crippen LogP contribution in [0.15, 0.2) is 18.2 Å². The van der Waals surface area contributed by atoms with Gasteiger partial charge in [0.1, 0.15) is 5.75 Å². The van der Waals surface area contributed by atoms with Crippen molar-refractivity contribution in [2.45, 2.75) is 39.5 Å². The second-order valence-electron chi connectivity index (χ2n) is 5.02. The Kier molecular flexibility index (Phi) is 7.59. The maximum atomic E-state index is 9.28. The Bertz CT molecular complexity index is 395. The zero-order chi connectivity index (χ0) is 15.0. The van der Waals surface area contributed by atoms with E-state index >= 15 is 0 Å². The van der Waals surface area contributed by atoms with Crippen LogP contribution in [0.5, 0.6) is 5.75 Å². The second-order valence-corrected chi connectivity index (χ2v) is 5.02. The lowest BCUT2D eigenvalue weighted by Crippen LogP contribution is -2.35. The van der Waals surface area contributed by atoms with Crippen LogP contribution in [0.3, 0.4) is 0 Å². The van der Waals surface area contributed by atoms with Gasteiger partial charge < -0.3 is 14.6 Å². The van der Waals surface area contributed by atoms with E-state index in [1.54, 1.807) is 14.2 Å². The number of methoxy groups -OCH3 is 2. The maximum Gasteiger partial charge on any atom is 0.123 e. The van der Waals surface area contributed by atoms with Crippen molar-refractivity contribution in [1.29, 1.82) is 0 Å². The third-order valence-electron chi connectivity index (χ3n) is 3.70. The number of benzene rings is 1. The SMILES string of the molecule is CCC(C)N(CCOC)Cc1cc(CO)ccc1OC. The van der Waals surface area contributed by atoms with E-state index in [4.69, 9.17) is 9.47 Å². The third kappa shape index (κ3) is 4.78. The maximum absolute atomic E-state index is 9.28. The molecule has 1 atom stereocenters. The van der Waals surface area contributed by atoms with Crippen LogP contribution < -0.4 is 4.74 Å². The molecule has 0 aromatic heterocycles. The van der Waals surface area contributed by atoms with Crippen LogP contribution in [0.25, 0.3) is 0 Å². The molecule has 0 saturated heterocycles. The summed E-state index contributed by atoms with van der Waals surface area (Å²) in [5, 5.41) is 9.28. The number of hydrogen-bond donors (Lipinski definition) is 1. The van der Waals surface area contributed by atoms with Gasteiger partial charge in [-0.2, -0.15) is 0 Å². The first kappa shape index (κ1) is 17.0. The molecule has 1 N–H and O–H groups in total. The van der Waals surface area contributed by atoms with Crippen molar-refractivity contribution in [3.8, 4) is 5.75 Å². The summed E-state index contributed by atoms with van der Waals surface area (Å²) in [6, 6.07) is 6.31. The number of ether oxygens (including phenoxy) is 2. The van der Waals surface area contributed by atoms with E-state index in [1.807, 2.05) is 18.2 Å². The summed E-state index contributed by atoms with van der Waals surface area (Å²) >= 11 is 0. The number of aliphatic hydroxyl groups is 1. The third-order valence-corrected chi connectivity index (χ3v) is 3.70. The van der Waals surface area contributed by atoms with Gasteiger partial charge in [0.15, 0.2) is 0 Å². The number of aliphatic hydroxyl groups excluding tert-OH is 1. The smallest absolute Gasteiger partial charge is 0.123 e. The zero-order valence-corrected chi connectivity index (χ0v) is 13.1. The molecule has 1 unspecified atom stereocenters. The molecule has 0 fully saturated rings. The monoisotopic (exact) mass is 281 g/mol. The summed E-state index contributed by atoms with van der Waals surface area (Å²) in [6.07, 6.45) is 1.09. The van der Waals surface area contributed by atoms with E-state index in [-0.39, 0.29) is 6.61 Å². The van der Waals surface area contributed by atoms with Crippen LogP contribution in [0.2, 0.25) is 0 Å². The molecular weight excluding hydrogens is 254 g/mol. The molecular formula is C16H27NO3. The highest BCUT2D eigenvalue weighted by atomic mass is 16.5. The predicted molar refractivity (Wildman–Crippen MR) is 81.0 cm³/mol. The lowest BCUT2D eigenvalue weighted by molar-refractivity contribution is 0.117. The molecule has 1 aromatic rings. The molecule has 1 aromatic carbocycles. The van der Waals surface area contributed by atoms with Crippen molar-refractivity contribution in [2.24, 2.45) is 0 Å². The van der Waals surface area contributed by atoms with Gasteiger partial charge in [-0.25, -0.2) is 0 Å². The Balaban J connectivity index is 2.90. The van der Waals surface area contributed by atoms with E-state index in [1.165, 1.54) is 0 Å². The minimum atomic E-state index is 0.0540. The molecule has 0 radical (unpaired) electrons. The Labute approximate surface area is 122 Å². The summed E-state index contributed by atoms with van der Waals surface area (Å²) in [6.45, 7) is 6.86. The van der Waals surface area contributed by atoms with Crippen molar-refractivity contribution in [2.75, 3.05) is 27.4 Å². The van der Waals surface area contributed by atoms with Gasteiger partial charge >= 0.3 is 0 Å². The van der Waals surface area contributed by atoms with Crippen LogP contribution in [-0.4, -0.2) is 43.4 Å². The van der Waals surface area contributed by atoms with E-state index in [0.717, 1.165) is 36.4 Å². The van der Waals surface area contributed by atoms with Crippen LogP contribution in [0.1, 0.15) is 31.4 Å². The molecule has 0 bridgehead atoms. The van der Waals surface area contributed by atoms with Gasteiger partial charge in [-0.15, -0.1) is 0 Å². The average molecular weight is 281 g/mol. The molecule has 1 rings (SSSR count). The quantitative estimate of drug-likeness (QED) is 0.755. The fourth-order valence-corrected chi connectivity index (χ4v) is 2.19. The van der Waals surface area contributed by atoms with Crippen LogP contribution >= 0.6 is 0 Å². The Morgan fingerprint density at radius 1 is 1.30 bits per heavy atom. The van der Waals surface area contributed by atoms with Crippen LogP contribution in [-0.2, 0) is 17.9 Å². The molecule has 0 aliphatic carbocycles. The summed E-state index contributed by atoms with van der Waals surface area (Å²) in [4.78, 5) is 2.38. The molecule has 0 aliphatic rings. The Hall–Kier alpha value is -1.10. The normalized spacial score (nSPS) is 12.7. The lowest BCUT2D eigenvalue weighted by atomic mass is 10.1. The predicted octanol–water partition coefficient (Wildman–Crippen LogP) is 2.43. The largest absolute Gasteiger partial charge is 0.496 e. The number of hydrogen-bond acceptors (Lipinski definition) is 4. The van der Waals surface area contributed by atoms with Crippen molar-refractivity contribution < 1.29 is 14.6 Å². The first-order valence-electron chi connectivity index (χ1n) is 7.15. The van der Waals surface area contributed by atoms with E-state index in [0.29, 0.717) is 12.6 Å². The molecule has 0 heterocycles. The van der Waals surface area contributed by atoms with Crippen molar-refractivity contribution >= 4 is 0 Å². The molecule has 0 spiro atoms. The minimum absolute atomic E-state index is 0.0540. The van der Waals surface area contributed by atoms with Crippen molar-refractivity contribution in [3.63, 3.8) is 0 Å². The molecule has 0 amide bonds. The van der Waals surface area contributed by atoms with Gasteiger partial charge in [0.2, 0.25) is 0 Å². The highest BCUT2D eigenvalue weighted by molar-refractivity contribution is 5.37. The van der Waals surface area contributed by atoms with Gasteiger partial charge in [0.05, 0.1) is 20.3 Å². The van der Waals surface area contributed by atoms with Crippen LogP contribution in [0.4, 0.5) is 0 Å². The van der Waals surface area contributed by atoms with Crippen molar-refractivity contribution in [3.05, 3.63) is 29.3 Å². The number of rotatable bonds is 9. The van der Waals surface area contributed by atoms with Crippen molar-refractivity contribution in [1.82, 2.24) is 4.90 Å². The van der Waals surface area contributed by atoms with Gasteiger partial charge in [-0.05, 0) is 31.0 Å². The molecule has 114 valence electrons. The van der Waals surface area contributed by atoms with Gasteiger partial charge in [-0.1, -0.05) is 13.0 Å².